The summed E-state index contributed by atoms with van der Waals surface area (Å²) in [5.74, 6) is -1.90. The Kier molecular flexibility index (Phi) is 8.15. The molecule has 0 aromatic heterocycles. The lowest BCUT2D eigenvalue weighted by Crippen LogP contribution is -2.29. The summed E-state index contributed by atoms with van der Waals surface area (Å²) in [6.45, 7) is 4.67. The molecular formula is C24H27F3O10S. The van der Waals surface area contributed by atoms with Crippen molar-refractivity contribution >= 4 is 16.1 Å². The number of carbonyl (C=O) groups is 1. The number of benzene rings is 2. The highest BCUT2D eigenvalue weighted by atomic mass is 32.2. The molecule has 0 N–H and O–H groups in total. The maximum Gasteiger partial charge on any atom is 0.534 e. The van der Waals surface area contributed by atoms with E-state index in [1.165, 1.54) is 39.5 Å². The first kappa shape index (κ1) is 29.0. The lowest BCUT2D eigenvalue weighted by molar-refractivity contribution is -0.155. The van der Waals surface area contributed by atoms with Crippen molar-refractivity contribution in [3.8, 4) is 34.5 Å². The summed E-state index contributed by atoms with van der Waals surface area (Å²) in [5, 5.41) is 0. The fraction of sp³-hybridized carbons (Fsp3) is 0.458. The lowest BCUT2D eigenvalue weighted by Gasteiger charge is -2.25. The molecule has 0 saturated heterocycles. The van der Waals surface area contributed by atoms with E-state index in [9.17, 15) is 26.4 Å². The molecular weight excluding hydrogens is 537 g/mol. The summed E-state index contributed by atoms with van der Waals surface area (Å²) in [6, 6.07) is 5.16. The molecule has 0 bridgehead atoms. The van der Waals surface area contributed by atoms with Gasteiger partial charge in [0.2, 0.25) is 12.5 Å². The zero-order valence-corrected chi connectivity index (χ0v) is 22.2. The van der Waals surface area contributed by atoms with Gasteiger partial charge in [0.1, 0.15) is 5.60 Å². The first-order chi connectivity index (χ1) is 17.6. The summed E-state index contributed by atoms with van der Waals surface area (Å²) in [5.41, 5.74) is -6.43. The Labute approximate surface area is 217 Å². The van der Waals surface area contributed by atoms with Gasteiger partial charge in [-0.15, -0.1) is 0 Å². The number of rotatable bonds is 9. The third-order valence-corrected chi connectivity index (χ3v) is 6.21. The zero-order chi connectivity index (χ0) is 28.5. The predicted molar refractivity (Wildman–Crippen MR) is 127 cm³/mol. The minimum absolute atomic E-state index is 0.0398. The largest absolute Gasteiger partial charge is 0.534 e. The van der Waals surface area contributed by atoms with Gasteiger partial charge >= 0.3 is 21.6 Å². The highest BCUT2D eigenvalue weighted by Crippen LogP contribution is 2.48. The zero-order valence-electron chi connectivity index (χ0n) is 21.4. The van der Waals surface area contributed by atoms with Crippen molar-refractivity contribution in [2.75, 3.05) is 28.1 Å². The molecule has 0 spiro atoms. The quantitative estimate of drug-likeness (QED) is 0.244. The third kappa shape index (κ3) is 6.29. The van der Waals surface area contributed by atoms with Crippen molar-refractivity contribution in [3.05, 3.63) is 35.4 Å². The second kappa shape index (κ2) is 10.7. The molecule has 0 unspecified atom stereocenters. The molecule has 0 fully saturated rings. The van der Waals surface area contributed by atoms with Crippen LogP contribution in [0.2, 0.25) is 0 Å². The predicted octanol–water partition coefficient (Wildman–Crippen LogP) is 4.53. The summed E-state index contributed by atoms with van der Waals surface area (Å²) in [7, 11) is -1.99. The van der Waals surface area contributed by atoms with Crippen LogP contribution in [0.5, 0.6) is 34.5 Å². The Hall–Kier alpha value is -3.55. The van der Waals surface area contributed by atoms with Crippen LogP contribution in [-0.4, -0.2) is 53.6 Å². The van der Waals surface area contributed by atoms with Crippen molar-refractivity contribution in [1.29, 1.82) is 0 Å². The maximum absolute atomic E-state index is 13.2. The summed E-state index contributed by atoms with van der Waals surface area (Å²) >= 11 is 0. The Balaban J connectivity index is 2.27. The summed E-state index contributed by atoms with van der Waals surface area (Å²) < 4.78 is 100. The van der Waals surface area contributed by atoms with Crippen molar-refractivity contribution < 1.29 is 59.0 Å². The van der Waals surface area contributed by atoms with Crippen LogP contribution < -0.4 is 27.9 Å². The minimum atomic E-state index is -6.08. The van der Waals surface area contributed by atoms with E-state index >= 15 is 0 Å². The number of fused-ring (bicyclic) bond motifs is 1. The van der Waals surface area contributed by atoms with E-state index in [0.717, 1.165) is 6.07 Å². The van der Waals surface area contributed by atoms with Crippen LogP contribution in [0.4, 0.5) is 13.2 Å². The number of hydrogen-bond acceptors (Lipinski definition) is 10. The van der Waals surface area contributed by atoms with E-state index in [4.69, 9.17) is 28.4 Å². The minimum Gasteiger partial charge on any atom is -0.493 e. The number of esters is 1. The molecule has 3 rings (SSSR count). The van der Waals surface area contributed by atoms with Crippen molar-refractivity contribution in [1.82, 2.24) is 0 Å². The number of hydrogen-bond donors (Lipinski definition) is 0. The van der Waals surface area contributed by atoms with Gasteiger partial charge in [0, 0.05) is 17.5 Å². The molecule has 2 aromatic carbocycles. The van der Waals surface area contributed by atoms with Crippen LogP contribution in [0.15, 0.2) is 24.3 Å². The number of methoxy groups -OCH3 is 3. The van der Waals surface area contributed by atoms with Gasteiger partial charge in [-0.25, -0.2) is 0 Å². The van der Waals surface area contributed by atoms with E-state index in [2.05, 4.69) is 4.18 Å². The first-order valence-corrected chi connectivity index (χ1v) is 12.5. The molecule has 14 heteroatoms. The molecule has 0 radical (unpaired) electrons. The Bertz CT molecular complexity index is 1270. The molecule has 0 amide bonds. The van der Waals surface area contributed by atoms with Gasteiger partial charge < -0.3 is 32.6 Å². The number of ether oxygens (including phenoxy) is 6. The normalized spacial score (nSPS) is 14.0. The van der Waals surface area contributed by atoms with E-state index in [1.807, 2.05) is 0 Å². The monoisotopic (exact) mass is 564 g/mol. The first-order valence-electron chi connectivity index (χ1n) is 11.1. The van der Waals surface area contributed by atoms with Crippen molar-refractivity contribution in [2.45, 2.75) is 44.2 Å². The van der Waals surface area contributed by atoms with E-state index in [0.29, 0.717) is 5.56 Å². The van der Waals surface area contributed by atoms with E-state index < -0.39 is 45.3 Å². The second-order valence-corrected chi connectivity index (χ2v) is 10.6. The third-order valence-electron chi connectivity index (χ3n) is 5.24. The molecule has 1 aliphatic rings. The fourth-order valence-electron chi connectivity index (χ4n) is 3.71. The standard InChI is InChI=1S/C24H27F3O10S/c1-23(2,3)36-21(28)10-14(13-7-19(31-4)22(33-6)20(8-13)32-5)15-9-17-18(35-12-34-17)11-16(15)37-38(29,30)24(25,26)27/h7-9,11,14H,10,12H2,1-6H3/t14-/m1/s1. The van der Waals surface area contributed by atoms with E-state index in [1.54, 1.807) is 20.8 Å². The van der Waals surface area contributed by atoms with Crippen molar-refractivity contribution in [3.63, 3.8) is 0 Å². The van der Waals surface area contributed by atoms with Crippen molar-refractivity contribution in [2.24, 2.45) is 0 Å². The molecule has 1 atom stereocenters. The van der Waals surface area contributed by atoms with Gasteiger partial charge in [0.25, 0.3) is 0 Å². The molecule has 38 heavy (non-hydrogen) atoms. The van der Waals surface area contributed by atoms with Gasteiger partial charge in [-0.2, -0.15) is 21.6 Å². The highest BCUT2D eigenvalue weighted by Gasteiger charge is 2.49. The SMILES string of the molecule is COc1cc([C@@H](CC(=O)OC(C)(C)C)c2cc3c(cc2OS(=O)(=O)C(F)(F)F)OCO3)cc(OC)c1OC. The van der Waals surface area contributed by atoms with Crippen LogP contribution in [0.1, 0.15) is 44.2 Å². The average molecular weight is 565 g/mol. The van der Waals surface area contributed by atoms with Gasteiger partial charge in [0.15, 0.2) is 28.7 Å². The maximum atomic E-state index is 13.2. The van der Waals surface area contributed by atoms with Gasteiger partial charge in [0.05, 0.1) is 27.8 Å². The number of carbonyl (C=O) groups excluding carboxylic acids is 1. The topological polar surface area (TPSA) is 116 Å². The summed E-state index contributed by atoms with van der Waals surface area (Å²) in [4.78, 5) is 12.9. The van der Waals surface area contributed by atoms with E-state index in [-0.39, 0.29) is 41.1 Å². The molecule has 1 heterocycles. The second-order valence-electron chi connectivity index (χ2n) is 9.03. The summed E-state index contributed by atoms with van der Waals surface area (Å²) in [6.07, 6.45) is -0.433. The smallest absolute Gasteiger partial charge is 0.493 e. The average Bonchev–Trinajstić information content (AvgIpc) is 3.26. The molecule has 10 nitrogen and oxygen atoms in total. The Morgan fingerprint density at radius 2 is 1.47 bits per heavy atom. The van der Waals surface area contributed by atoms with Crippen LogP contribution in [0, 0.1) is 0 Å². The van der Waals surface area contributed by atoms with Crippen LogP contribution >= 0.6 is 0 Å². The molecule has 0 aliphatic carbocycles. The van der Waals surface area contributed by atoms with Crippen LogP contribution in [0.3, 0.4) is 0 Å². The Morgan fingerprint density at radius 3 is 1.95 bits per heavy atom. The lowest BCUT2D eigenvalue weighted by atomic mass is 9.87. The number of alkyl halides is 3. The van der Waals surface area contributed by atoms with Crippen LogP contribution in [-0.2, 0) is 19.6 Å². The number of halogens is 3. The van der Waals surface area contributed by atoms with Crippen LogP contribution in [0.25, 0.3) is 0 Å². The van der Waals surface area contributed by atoms with Gasteiger partial charge in [-0.1, -0.05) is 0 Å². The fourth-order valence-corrected chi connectivity index (χ4v) is 4.18. The van der Waals surface area contributed by atoms with Gasteiger partial charge in [-0.3, -0.25) is 4.79 Å². The molecule has 2 aromatic rings. The Morgan fingerprint density at radius 1 is 0.921 bits per heavy atom. The molecule has 1 aliphatic heterocycles. The molecule has 0 saturated carbocycles. The van der Waals surface area contributed by atoms with Gasteiger partial charge in [-0.05, 0) is 44.5 Å². The highest BCUT2D eigenvalue weighted by molar-refractivity contribution is 7.88. The molecule has 210 valence electrons.